The molecular weight excluding hydrogens is 266 g/mol. The Kier molecular flexibility index (Phi) is 8.57. The van der Waals surface area contributed by atoms with E-state index < -0.39 is 0 Å². The van der Waals surface area contributed by atoms with Crippen LogP contribution in [0.15, 0.2) is 12.3 Å². The molecule has 0 radical (unpaired) electrons. The molecule has 5 heteroatoms. The zero-order chi connectivity index (χ0) is 15.7. The largest absolute Gasteiger partial charge is 0.351 e. The van der Waals surface area contributed by atoms with Crippen molar-refractivity contribution in [2.75, 3.05) is 19.8 Å². The maximum absolute atomic E-state index is 5.75. The van der Waals surface area contributed by atoms with E-state index in [1.807, 2.05) is 24.7 Å². The highest BCUT2D eigenvalue weighted by atomic mass is 16.7. The second-order valence-electron chi connectivity index (χ2n) is 5.42. The van der Waals surface area contributed by atoms with Gasteiger partial charge in [0.2, 0.25) is 0 Å². The van der Waals surface area contributed by atoms with Gasteiger partial charge in [-0.25, -0.2) is 0 Å². The van der Waals surface area contributed by atoms with Crippen LogP contribution in [-0.2, 0) is 15.9 Å². The highest BCUT2D eigenvalue weighted by molar-refractivity contribution is 5.02. The summed E-state index contributed by atoms with van der Waals surface area (Å²) in [6.07, 6.45) is 3.70. The van der Waals surface area contributed by atoms with Crippen LogP contribution in [0.2, 0.25) is 0 Å². The molecule has 0 saturated heterocycles. The SMILES string of the molecule is CCCNC(Cc1ccn(C(C)C)n1)C(OCC)OCC. The lowest BCUT2D eigenvalue weighted by atomic mass is 10.1. The van der Waals surface area contributed by atoms with Gasteiger partial charge >= 0.3 is 0 Å². The third-order valence-electron chi connectivity index (χ3n) is 3.27. The third kappa shape index (κ3) is 6.16. The highest BCUT2D eigenvalue weighted by Gasteiger charge is 2.23. The van der Waals surface area contributed by atoms with Gasteiger partial charge in [0, 0.05) is 31.9 Å². The lowest BCUT2D eigenvalue weighted by Crippen LogP contribution is -2.45. The quantitative estimate of drug-likeness (QED) is 0.638. The molecule has 1 unspecified atom stereocenters. The van der Waals surface area contributed by atoms with Crippen molar-refractivity contribution in [3.63, 3.8) is 0 Å². The maximum atomic E-state index is 5.75. The van der Waals surface area contributed by atoms with E-state index in [0.29, 0.717) is 19.3 Å². The Morgan fingerprint density at radius 3 is 2.33 bits per heavy atom. The second kappa shape index (κ2) is 9.92. The third-order valence-corrected chi connectivity index (χ3v) is 3.27. The average molecular weight is 297 g/mol. The summed E-state index contributed by atoms with van der Waals surface area (Å²) >= 11 is 0. The number of hydrogen-bond acceptors (Lipinski definition) is 4. The number of hydrogen-bond donors (Lipinski definition) is 1. The van der Waals surface area contributed by atoms with Gasteiger partial charge in [-0.3, -0.25) is 4.68 Å². The first-order chi connectivity index (χ1) is 10.1. The van der Waals surface area contributed by atoms with Gasteiger partial charge in [-0.1, -0.05) is 6.92 Å². The van der Waals surface area contributed by atoms with Gasteiger partial charge in [-0.2, -0.15) is 5.10 Å². The van der Waals surface area contributed by atoms with Crippen molar-refractivity contribution >= 4 is 0 Å². The number of rotatable bonds is 11. The molecule has 0 aliphatic carbocycles. The summed E-state index contributed by atoms with van der Waals surface area (Å²) in [6, 6.07) is 2.59. The molecule has 1 aromatic heterocycles. The minimum Gasteiger partial charge on any atom is -0.351 e. The molecule has 0 aromatic carbocycles. The van der Waals surface area contributed by atoms with Gasteiger partial charge in [-0.05, 0) is 46.7 Å². The fourth-order valence-electron chi connectivity index (χ4n) is 2.20. The van der Waals surface area contributed by atoms with Gasteiger partial charge in [0.25, 0.3) is 0 Å². The lowest BCUT2D eigenvalue weighted by molar-refractivity contribution is -0.153. The predicted octanol–water partition coefficient (Wildman–Crippen LogP) is 2.77. The molecule has 1 rings (SSSR count). The average Bonchev–Trinajstić information content (AvgIpc) is 2.92. The Balaban J connectivity index is 2.74. The molecule has 0 spiro atoms. The van der Waals surface area contributed by atoms with Crippen molar-refractivity contribution in [2.45, 2.75) is 65.8 Å². The van der Waals surface area contributed by atoms with Crippen LogP contribution in [0.1, 0.15) is 52.8 Å². The molecule has 0 fully saturated rings. The van der Waals surface area contributed by atoms with Crippen LogP contribution < -0.4 is 5.32 Å². The first-order valence-corrected chi connectivity index (χ1v) is 8.12. The van der Waals surface area contributed by atoms with E-state index in [0.717, 1.165) is 25.1 Å². The fourth-order valence-corrected chi connectivity index (χ4v) is 2.20. The van der Waals surface area contributed by atoms with Gasteiger partial charge < -0.3 is 14.8 Å². The van der Waals surface area contributed by atoms with E-state index >= 15 is 0 Å². The van der Waals surface area contributed by atoms with Gasteiger partial charge in [0.1, 0.15) is 0 Å². The standard InChI is InChI=1S/C16H31N3O2/c1-6-10-17-15(16(20-7-2)21-8-3)12-14-9-11-19(18-14)13(4)5/h9,11,13,15-17H,6-8,10,12H2,1-5H3. The summed E-state index contributed by atoms with van der Waals surface area (Å²) in [5.74, 6) is 0. The topological polar surface area (TPSA) is 48.3 Å². The van der Waals surface area contributed by atoms with E-state index in [2.05, 4.69) is 37.3 Å². The molecule has 5 nitrogen and oxygen atoms in total. The summed E-state index contributed by atoms with van der Waals surface area (Å²) in [4.78, 5) is 0. The van der Waals surface area contributed by atoms with Crippen molar-refractivity contribution in [3.05, 3.63) is 18.0 Å². The second-order valence-corrected chi connectivity index (χ2v) is 5.42. The van der Waals surface area contributed by atoms with Crippen LogP contribution in [0.25, 0.3) is 0 Å². The van der Waals surface area contributed by atoms with Crippen molar-refractivity contribution in [1.82, 2.24) is 15.1 Å². The van der Waals surface area contributed by atoms with Crippen LogP contribution >= 0.6 is 0 Å². The number of ether oxygens (including phenoxy) is 2. The Morgan fingerprint density at radius 2 is 1.86 bits per heavy atom. The molecule has 0 bridgehead atoms. The van der Waals surface area contributed by atoms with E-state index in [-0.39, 0.29) is 12.3 Å². The van der Waals surface area contributed by atoms with Crippen molar-refractivity contribution in [1.29, 1.82) is 0 Å². The van der Waals surface area contributed by atoms with Gasteiger partial charge in [-0.15, -0.1) is 0 Å². The Morgan fingerprint density at radius 1 is 1.19 bits per heavy atom. The molecule has 0 amide bonds. The minimum atomic E-state index is -0.226. The van der Waals surface area contributed by atoms with Crippen LogP contribution in [-0.4, -0.2) is 41.9 Å². The summed E-state index contributed by atoms with van der Waals surface area (Å²) in [7, 11) is 0. The van der Waals surface area contributed by atoms with E-state index in [9.17, 15) is 0 Å². The van der Waals surface area contributed by atoms with Crippen molar-refractivity contribution in [3.8, 4) is 0 Å². The first kappa shape index (κ1) is 18.1. The smallest absolute Gasteiger partial charge is 0.173 e. The van der Waals surface area contributed by atoms with Gasteiger partial charge in [0.05, 0.1) is 11.7 Å². The number of nitrogens with zero attached hydrogens (tertiary/aromatic N) is 2. The predicted molar refractivity (Wildman–Crippen MR) is 85.4 cm³/mol. The molecule has 0 saturated carbocycles. The molecule has 1 N–H and O–H groups in total. The highest BCUT2D eigenvalue weighted by Crippen LogP contribution is 2.11. The fraction of sp³-hybridized carbons (Fsp3) is 0.812. The number of nitrogens with one attached hydrogen (secondary N) is 1. The van der Waals surface area contributed by atoms with Crippen molar-refractivity contribution in [2.24, 2.45) is 0 Å². The van der Waals surface area contributed by atoms with Crippen LogP contribution in [0.5, 0.6) is 0 Å². The van der Waals surface area contributed by atoms with E-state index in [1.54, 1.807) is 0 Å². The van der Waals surface area contributed by atoms with E-state index in [4.69, 9.17) is 9.47 Å². The molecule has 122 valence electrons. The summed E-state index contributed by atoms with van der Waals surface area (Å²) in [5.41, 5.74) is 1.07. The minimum absolute atomic E-state index is 0.125. The summed E-state index contributed by atoms with van der Waals surface area (Å²) < 4.78 is 13.5. The normalized spacial score (nSPS) is 13.3. The molecule has 21 heavy (non-hydrogen) atoms. The summed E-state index contributed by atoms with van der Waals surface area (Å²) in [6.45, 7) is 12.7. The van der Waals surface area contributed by atoms with Crippen molar-refractivity contribution < 1.29 is 9.47 Å². The monoisotopic (exact) mass is 297 g/mol. The van der Waals surface area contributed by atoms with E-state index in [1.165, 1.54) is 0 Å². The molecule has 0 aliphatic rings. The zero-order valence-electron chi connectivity index (χ0n) is 14.1. The molecule has 1 atom stereocenters. The van der Waals surface area contributed by atoms with Crippen LogP contribution in [0.4, 0.5) is 0 Å². The maximum Gasteiger partial charge on any atom is 0.173 e. The Hall–Kier alpha value is -0.910. The molecule has 1 aromatic rings. The lowest BCUT2D eigenvalue weighted by Gasteiger charge is -2.27. The Labute approximate surface area is 129 Å². The Bertz CT molecular complexity index is 373. The first-order valence-electron chi connectivity index (χ1n) is 8.12. The molecule has 1 heterocycles. The zero-order valence-corrected chi connectivity index (χ0v) is 14.1. The number of aromatic nitrogens is 2. The molecular formula is C16H31N3O2. The summed E-state index contributed by atoms with van der Waals surface area (Å²) in [5, 5.41) is 8.15. The van der Waals surface area contributed by atoms with Gasteiger partial charge in [0.15, 0.2) is 6.29 Å². The molecule has 0 aliphatic heterocycles. The van der Waals surface area contributed by atoms with Crippen LogP contribution in [0.3, 0.4) is 0 Å². The van der Waals surface area contributed by atoms with Crippen LogP contribution in [0, 0.1) is 0 Å².